The van der Waals surface area contributed by atoms with Crippen LogP contribution < -0.4 is 0 Å². The zero-order chi connectivity index (χ0) is 17.4. The lowest BCUT2D eigenvalue weighted by molar-refractivity contribution is -0.137. The summed E-state index contributed by atoms with van der Waals surface area (Å²) in [5.74, 6) is 0.618. The Kier molecular flexibility index (Phi) is 7.77. The van der Waals surface area contributed by atoms with Gasteiger partial charge in [0.1, 0.15) is 0 Å². The number of hydrogen-bond donors (Lipinski definition) is 2. The van der Waals surface area contributed by atoms with Crippen molar-refractivity contribution in [2.45, 2.75) is 77.2 Å². The monoisotopic (exact) mass is 332 g/mol. The fourth-order valence-corrected chi connectivity index (χ4v) is 3.93. The maximum atomic E-state index is 10.6. The van der Waals surface area contributed by atoms with Crippen molar-refractivity contribution in [1.29, 1.82) is 0 Å². The van der Waals surface area contributed by atoms with Gasteiger partial charge < -0.3 is 10.2 Å². The van der Waals surface area contributed by atoms with Crippen LogP contribution in [0.5, 0.6) is 0 Å². The predicted octanol–water partition coefficient (Wildman–Crippen LogP) is 5.02. The van der Waals surface area contributed by atoms with E-state index in [4.69, 9.17) is 5.11 Å². The number of aliphatic hydroxyl groups is 1. The molecule has 2 N–H and O–H groups in total. The van der Waals surface area contributed by atoms with Crippen LogP contribution in [0.4, 0.5) is 0 Å². The third-order valence-electron chi connectivity index (χ3n) is 5.30. The Morgan fingerprint density at radius 1 is 1.33 bits per heavy atom. The average molecular weight is 332 g/mol. The van der Waals surface area contributed by atoms with E-state index in [0.717, 1.165) is 44.9 Å². The third kappa shape index (κ3) is 5.94. The molecule has 0 aromatic rings. The molecule has 1 fully saturated rings. The van der Waals surface area contributed by atoms with Gasteiger partial charge >= 0.3 is 5.97 Å². The van der Waals surface area contributed by atoms with Gasteiger partial charge in [0.05, 0.1) is 6.10 Å². The molecular formula is C21H32O3. The van der Waals surface area contributed by atoms with Crippen LogP contribution in [0, 0.1) is 11.8 Å². The number of fused-ring (bicyclic) bond motifs is 1. The quantitative estimate of drug-likeness (QED) is 0.436. The van der Waals surface area contributed by atoms with Crippen molar-refractivity contribution in [1.82, 2.24) is 0 Å². The van der Waals surface area contributed by atoms with Crippen LogP contribution in [-0.2, 0) is 4.79 Å². The van der Waals surface area contributed by atoms with E-state index >= 15 is 0 Å². The molecule has 2 aliphatic rings. The van der Waals surface area contributed by atoms with Crippen LogP contribution in [0.1, 0.15) is 71.1 Å². The van der Waals surface area contributed by atoms with E-state index in [1.807, 2.05) is 6.08 Å². The maximum Gasteiger partial charge on any atom is 0.303 e. The first-order valence-corrected chi connectivity index (χ1v) is 9.56. The van der Waals surface area contributed by atoms with Crippen LogP contribution in [-0.4, -0.2) is 22.3 Å². The Hall–Kier alpha value is -1.35. The number of unbranched alkanes of at least 4 members (excludes halogenated alkanes) is 3. The Bertz CT molecular complexity index is 501. The van der Waals surface area contributed by atoms with Gasteiger partial charge in [-0.15, -0.1) is 0 Å². The number of aliphatic carboxylic acids is 1. The van der Waals surface area contributed by atoms with Gasteiger partial charge in [-0.3, -0.25) is 4.79 Å². The Morgan fingerprint density at radius 3 is 2.92 bits per heavy atom. The number of hydrogen-bond acceptors (Lipinski definition) is 2. The zero-order valence-electron chi connectivity index (χ0n) is 14.9. The van der Waals surface area contributed by atoms with Crippen molar-refractivity contribution < 1.29 is 15.0 Å². The molecule has 0 amide bonds. The van der Waals surface area contributed by atoms with Gasteiger partial charge in [-0.2, -0.15) is 0 Å². The van der Waals surface area contributed by atoms with Crippen LogP contribution >= 0.6 is 0 Å². The summed E-state index contributed by atoms with van der Waals surface area (Å²) in [5, 5.41) is 18.7. The van der Waals surface area contributed by atoms with E-state index < -0.39 is 5.97 Å². The van der Waals surface area contributed by atoms with E-state index in [0.29, 0.717) is 11.8 Å². The molecule has 24 heavy (non-hydrogen) atoms. The summed E-state index contributed by atoms with van der Waals surface area (Å²) in [5.41, 5.74) is 2.89. The standard InChI is InChI=1S/C21H32O3/c1-2-3-4-8-19(22)13-12-17-10-11-18-14-16(15-20(17)18)7-5-6-9-21(23)24/h7,10,12-13,18-20,22H,2-6,8-9,11,14-15H2,1H3,(H,23,24)/b13-12+,16-7-/t18-,19+,20-/m1/s1. The largest absolute Gasteiger partial charge is 0.481 e. The smallest absolute Gasteiger partial charge is 0.303 e. The van der Waals surface area contributed by atoms with Crippen molar-refractivity contribution >= 4 is 5.97 Å². The number of aliphatic hydroxyl groups excluding tert-OH is 1. The van der Waals surface area contributed by atoms with Gasteiger partial charge in [-0.25, -0.2) is 0 Å². The maximum absolute atomic E-state index is 10.6. The SMILES string of the molecule is CCCCC[C@H](O)/C=C/C1=CC[C@@H]2C/C(=C/CCCC(=O)O)C[C@H]12. The first kappa shape index (κ1) is 19.0. The van der Waals surface area contributed by atoms with E-state index in [-0.39, 0.29) is 12.5 Å². The van der Waals surface area contributed by atoms with Crippen molar-refractivity contribution in [3.05, 3.63) is 35.5 Å². The van der Waals surface area contributed by atoms with E-state index in [9.17, 15) is 9.90 Å². The molecule has 3 heteroatoms. The van der Waals surface area contributed by atoms with E-state index in [1.54, 1.807) is 0 Å². The van der Waals surface area contributed by atoms with Crippen molar-refractivity contribution in [2.24, 2.45) is 11.8 Å². The molecule has 0 heterocycles. The topological polar surface area (TPSA) is 57.5 Å². The molecule has 0 spiro atoms. The van der Waals surface area contributed by atoms with Gasteiger partial charge in [0.2, 0.25) is 0 Å². The molecule has 134 valence electrons. The summed E-state index contributed by atoms with van der Waals surface area (Å²) in [4.78, 5) is 10.6. The molecule has 2 rings (SSSR count). The molecule has 3 nitrogen and oxygen atoms in total. The summed E-state index contributed by atoms with van der Waals surface area (Å²) in [7, 11) is 0. The molecule has 0 radical (unpaired) electrons. The molecule has 0 saturated heterocycles. The van der Waals surface area contributed by atoms with Crippen LogP contribution in [0.25, 0.3) is 0 Å². The van der Waals surface area contributed by atoms with E-state index in [2.05, 4.69) is 25.2 Å². The number of carbonyl (C=O) groups is 1. The second-order valence-electron chi connectivity index (χ2n) is 7.29. The van der Waals surface area contributed by atoms with Crippen molar-refractivity contribution in [3.8, 4) is 0 Å². The molecule has 0 unspecified atom stereocenters. The van der Waals surface area contributed by atoms with Crippen molar-refractivity contribution in [3.63, 3.8) is 0 Å². The van der Waals surface area contributed by atoms with Gasteiger partial charge in [-0.05, 0) is 55.9 Å². The first-order chi connectivity index (χ1) is 11.6. The lowest BCUT2D eigenvalue weighted by Crippen LogP contribution is -2.04. The molecule has 2 aliphatic carbocycles. The molecule has 1 saturated carbocycles. The number of rotatable bonds is 10. The summed E-state index contributed by atoms with van der Waals surface area (Å²) < 4.78 is 0. The Balaban J connectivity index is 1.77. The molecule has 0 aromatic carbocycles. The van der Waals surface area contributed by atoms with Gasteiger partial charge in [-0.1, -0.05) is 56.1 Å². The summed E-state index contributed by atoms with van der Waals surface area (Å²) in [6.45, 7) is 2.18. The van der Waals surface area contributed by atoms with E-state index in [1.165, 1.54) is 24.0 Å². The molecule has 0 bridgehead atoms. The average Bonchev–Trinajstić information content (AvgIpc) is 3.10. The minimum absolute atomic E-state index is 0.264. The zero-order valence-corrected chi connectivity index (χ0v) is 14.9. The summed E-state index contributed by atoms with van der Waals surface area (Å²) in [6, 6.07) is 0. The normalized spacial score (nSPS) is 26.1. The molecule has 0 aromatic heterocycles. The predicted molar refractivity (Wildman–Crippen MR) is 97.8 cm³/mol. The fraction of sp³-hybridized carbons (Fsp3) is 0.667. The van der Waals surface area contributed by atoms with Gasteiger partial charge in [0, 0.05) is 6.42 Å². The minimum atomic E-state index is -0.704. The minimum Gasteiger partial charge on any atom is -0.481 e. The number of carboxylic acids is 1. The van der Waals surface area contributed by atoms with Gasteiger partial charge in [0.15, 0.2) is 0 Å². The number of carboxylic acid groups (broad SMARTS) is 1. The van der Waals surface area contributed by atoms with Gasteiger partial charge in [0.25, 0.3) is 0 Å². The highest BCUT2D eigenvalue weighted by molar-refractivity contribution is 5.66. The molecule has 0 aliphatic heterocycles. The molecule has 3 atom stereocenters. The third-order valence-corrected chi connectivity index (χ3v) is 5.30. The highest BCUT2D eigenvalue weighted by Gasteiger charge is 2.34. The van der Waals surface area contributed by atoms with Crippen LogP contribution in [0.2, 0.25) is 0 Å². The Morgan fingerprint density at radius 2 is 2.17 bits per heavy atom. The second kappa shape index (κ2) is 9.83. The lowest BCUT2D eigenvalue weighted by Gasteiger charge is -2.11. The summed E-state index contributed by atoms with van der Waals surface area (Å²) >= 11 is 0. The second-order valence-corrected chi connectivity index (χ2v) is 7.29. The Labute approximate surface area is 146 Å². The lowest BCUT2D eigenvalue weighted by atomic mass is 9.94. The number of allylic oxidation sites excluding steroid dienone is 5. The van der Waals surface area contributed by atoms with Crippen molar-refractivity contribution in [2.75, 3.05) is 0 Å². The first-order valence-electron chi connectivity index (χ1n) is 9.56. The highest BCUT2D eigenvalue weighted by Crippen LogP contribution is 2.47. The molecular weight excluding hydrogens is 300 g/mol. The fourth-order valence-electron chi connectivity index (χ4n) is 3.93. The highest BCUT2D eigenvalue weighted by atomic mass is 16.4. The van der Waals surface area contributed by atoms with Crippen LogP contribution in [0.15, 0.2) is 35.5 Å². The van der Waals surface area contributed by atoms with Crippen LogP contribution in [0.3, 0.4) is 0 Å². The summed E-state index contributed by atoms with van der Waals surface area (Å²) in [6.07, 6.45) is 18.0.